The lowest BCUT2D eigenvalue weighted by Gasteiger charge is -2.35. The Hall–Kier alpha value is -0.380. The molecule has 1 saturated heterocycles. The van der Waals surface area contributed by atoms with Gasteiger partial charge in [0.25, 0.3) is 0 Å². The molecule has 0 bridgehead atoms. The number of aliphatic imine (C=N–C) groups is 1. The third kappa shape index (κ3) is 8.54. The van der Waals surface area contributed by atoms with E-state index in [2.05, 4.69) is 60.3 Å². The molecule has 1 aromatic heterocycles. The van der Waals surface area contributed by atoms with Crippen molar-refractivity contribution in [1.82, 2.24) is 20.4 Å². The van der Waals surface area contributed by atoms with Crippen LogP contribution in [0.5, 0.6) is 0 Å². The molecular weight excluding hydrogens is 457 g/mol. The minimum atomic E-state index is 0. The fourth-order valence-corrected chi connectivity index (χ4v) is 3.95. The molecule has 26 heavy (non-hydrogen) atoms. The lowest BCUT2D eigenvalue weighted by atomic mass is 10.1. The van der Waals surface area contributed by atoms with Crippen molar-refractivity contribution in [1.29, 1.82) is 0 Å². The summed E-state index contributed by atoms with van der Waals surface area (Å²) < 4.78 is 0. The van der Waals surface area contributed by atoms with E-state index in [4.69, 9.17) is 4.99 Å². The Labute approximate surface area is 180 Å². The first-order chi connectivity index (χ1) is 12.1. The second-order valence-electron chi connectivity index (χ2n) is 6.93. The summed E-state index contributed by atoms with van der Waals surface area (Å²) in [5, 5.41) is 6.87. The molecule has 0 radical (unpaired) electrons. The van der Waals surface area contributed by atoms with Gasteiger partial charge in [0, 0.05) is 55.6 Å². The van der Waals surface area contributed by atoms with E-state index < -0.39 is 0 Å². The Morgan fingerprint density at radius 2 is 1.85 bits per heavy atom. The van der Waals surface area contributed by atoms with Crippen LogP contribution in [0.3, 0.4) is 0 Å². The number of nitrogens with zero attached hydrogens (tertiary/aromatic N) is 3. The van der Waals surface area contributed by atoms with Gasteiger partial charge in [0.1, 0.15) is 0 Å². The predicted octanol–water partition coefficient (Wildman–Crippen LogP) is 3.00. The second kappa shape index (κ2) is 12.9. The van der Waals surface area contributed by atoms with Crippen LogP contribution in [-0.4, -0.2) is 68.1 Å². The topological polar surface area (TPSA) is 42.9 Å². The van der Waals surface area contributed by atoms with E-state index in [-0.39, 0.29) is 24.0 Å². The number of nitrogens with one attached hydrogen (secondary N) is 2. The van der Waals surface area contributed by atoms with Crippen LogP contribution in [0.1, 0.15) is 30.5 Å². The molecule has 2 rings (SSSR count). The van der Waals surface area contributed by atoms with Gasteiger partial charge in [0.15, 0.2) is 5.96 Å². The lowest BCUT2D eigenvalue weighted by molar-refractivity contribution is 0.124. The largest absolute Gasteiger partial charge is 0.357 e. The van der Waals surface area contributed by atoms with Gasteiger partial charge in [-0.3, -0.25) is 0 Å². The van der Waals surface area contributed by atoms with Crippen LogP contribution in [0.2, 0.25) is 0 Å². The summed E-state index contributed by atoms with van der Waals surface area (Å²) in [7, 11) is 0. The van der Waals surface area contributed by atoms with Crippen LogP contribution in [0.4, 0.5) is 0 Å². The number of piperazine rings is 1. The monoisotopic (exact) mass is 493 g/mol. The van der Waals surface area contributed by atoms with Crippen LogP contribution in [0.25, 0.3) is 0 Å². The van der Waals surface area contributed by atoms with Gasteiger partial charge in [-0.05, 0) is 38.4 Å². The van der Waals surface area contributed by atoms with Gasteiger partial charge >= 0.3 is 0 Å². The molecule has 1 atom stereocenters. The average Bonchev–Trinajstić information content (AvgIpc) is 3.03. The van der Waals surface area contributed by atoms with Gasteiger partial charge in [-0.1, -0.05) is 13.8 Å². The quantitative estimate of drug-likeness (QED) is 0.332. The van der Waals surface area contributed by atoms with E-state index in [1.807, 2.05) is 11.3 Å². The van der Waals surface area contributed by atoms with Gasteiger partial charge in [0.2, 0.25) is 0 Å². The molecule has 0 saturated carbocycles. The maximum absolute atomic E-state index is 4.72. The molecule has 0 amide bonds. The van der Waals surface area contributed by atoms with Crippen molar-refractivity contribution in [2.45, 2.75) is 34.2 Å². The van der Waals surface area contributed by atoms with Gasteiger partial charge in [-0.15, -0.1) is 35.3 Å². The zero-order chi connectivity index (χ0) is 18.1. The van der Waals surface area contributed by atoms with Gasteiger partial charge < -0.3 is 20.4 Å². The van der Waals surface area contributed by atoms with Crippen molar-refractivity contribution in [2.75, 3.05) is 52.4 Å². The Morgan fingerprint density at radius 1 is 1.15 bits per heavy atom. The highest BCUT2D eigenvalue weighted by Crippen LogP contribution is 2.15. The Morgan fingerprint density at radius 3 is 2.42 bits per heavy atom. The summed E-state index contributed by atoms with van der Waals surface area (Å²) in [5.74, 6) is 1.54. The molecule has 7 heteroatoms. The smallest absolute Gasteiger partial charge is 0.191 e. The standard InChI is InChI=1S/C19H35N5S.HI/c1-5-20-19(22-14-18-8-7-17(4)25-18)21-13-16(3)15-24-11-9-23(6-2)10-12-24;/h7-8,16H,5-6,9-15H2,1-4H3,(H2,20,21,22);1H. The van der Waals surface area contributed by atoms with E-state index in [0.29, 0.717) is 5.92 Å². The predicted molar refractivity (Wildman–Crippen MR) is 125 cm³/mol. The molecule has 1 aliphatic heterocycles. The molecule has 0 aromatic carbocycles. The van der Waals surface area contributed by atoms with Crippen molar-refractivity contribution in [3.63, 3.8) is 0 Å². The molecule has 1 aromatic rings. The summed E-state index contributed by atoms with van der Waals surface area (Å²) in [6.07, 6.45) is 0. The van der Waals surface area contributed by atoms with Crippen LogP contribution < -0.4 is 10.6 Å². The number of rotatable bonds is 8. The second-order valence-corrected chi connectivity index (χ2v) is 8.30. The van der Waals surface area contributed by atoms with Crippen molar-refractivity contribution in [3.05, 3.63) is 21.9 Å². The maximum Gasteiger partial charge on any atom is 0.191 e. The van der Waals surface area contributed by atoms with Crippen molar-refractivity contribution in [3.8, 4) is 0 Å². The Bertz CT molecular complexity index is 526. The van der Waals surface area contributed by atoms with E-state index in [0.717, 1.165) is 32.1 Å². The van der Waals surface area contributed by atoms with E-state index in [1.165, 1.54) is 42.5 Å². The Kier molecular flexibility index (Phi) is 11.7. The molecular formula is C19H36IN5S. The number of aryl methyl sites for hydroxylation is 1. The van der Waals surface area contributed by atoms with Crippen LogP contribution in [0, 0.1) is 12.8 Å². The molecule has 5 nitrogen and oxygen atoms in total. The number of hydrogen-bond acceptors (Lipinski definition) is 4. The normalized spacial score (nSPS) is 17.6. The van der Waals surface area contributed by atoms with Crippen molar-refractivity contribution >= 4 is 41.3 Å². The third-order valence-electron chi connectivity index (χ3n) is 4.63. The third-order valence-corrected chi connectivity index (χ3v) is 5.62. The molecule has 0 aliphatic carbocycles. The van der Waals surface area contributed by atoms with Crippen molar-refractivity contribution < 1.29 is 0 Å². The first-order valence-electron chi connectivity index (χ1n) is 9.62. The fraction of sp³-hybridized carbons (Fsp3) is 0.737. The molecule has 2 heterocycles. The molecule has 2 N–H and O–H groups in total. The number of thiophene rings is 1. The summed E-state index contributed by atoms with van der Waals surface area (Å²) in [5.41, 5.74) is 0. The first kappa shape index (κ1) is 23.7. The van der Waals surface area contributed by atoms with Crippen molar-refractivity contribution in [2.24, 2.45) is 10.9 Å². The Balaban J connectivity index is 0.00000338. The first-order valence-corrected chi connectivity index (χ1v) is 10.4. The zero-order valence-corrected chi connectivity index (χ0v) is 19.9. The average molecular weight is 494 g/mol. The van der Waals surface area contributed by atoms with E-state index in [1.54, 1.807) is 0 Å². The number of likely N-dealkylation sites (N-methyl/N-ethyl adjacent to an activating group) is 1. The molecule has 1 aliphatic rings. The van der Waals surface area contributed by atoms with Gasteiger partial charge in [-0.2, -0.15) is 0 Å². The highest BCUT2D eigenvalue weighted by Gasteiger charge is 2.17. The summed E-state index contributed by atoms with van der Waals surface area (Å²) in [4.78, 5) is 12.5. The number of halogens is 1. The number of hydrogen-bond donors (Lipinski definition) is 2. The van der Waals surface area contributed by atoms with E-state index >= 15 is 0 Å². The minimum absolute atomic E-state index is 0. The zero-order valence-electron chi connectivity index (χ0n) is 16.8. The summed E-state index contributed by atoms with van der Waals surface area (Å²) >= 11 is 1.82. The van der Waals surface area contributed by atoms with Crippen LogP contribution in [-0.2, 0) is 6.54 Å². The molecule has 1 unspecified atom stereocenters. The van der Waals surface area contributed by atoms with Gasteiger partial charge in [-0.25, -0.2) is 4.99 Å². The minimum Gasteiger partial charge on any atom is -0.357 e. The highest BCUT2D eigenvalue weighted by atomic mass is 127. The lowest BCUT2D eigenvalue weighted by Crippen LogP contribution is -2.48. The SMILES string of the molecule is CCNC(=NCc1ccc(C)s1)NCC(C)CN1CCN(CC)CC1.I. The molecule has 150 valence electrons. The maximum atomic E-state index is 4.72. The summed E-state index contributed by atoms with van der Waals surface area (Å²) in [6.45, 7) is 18.6. The van der Waals surface area contributed by atoms with Gasteiger partial charge in [0.05, 0.1) is 6.54 Å². The molecule has 1 fully saturated rings. The van der Waals surface area contributed by atoms with Crippen LogP contribution in [0.15, 0.2) is 17.1 Å². The highest BCUT2D eigenvalue weighted by molar-refractivity contribution is 14.0. The fourth-order valence-electron chi connectivity index (χ4n) is 3.13. The van der Waals surface area contributed by atoms with E-state index in [9.17, 15) is 0 Å². The summed E-state index contributed by atoms with van der Waals surface area (Å²) in [6, 6.07) is 4.34. The number of guanidine groups is 1. The van der Waals surface area contributed by atoms with Crippen LogP contribution >= 0.6 is 35.3 Å². The molecule has 0 spiro atoms.